The van der Waals surface area contributed by atoms with Crippen molar-refractivity contribution in [3.8, 4) is 22.6 Å². The Labute approximate surface area is 176 Å². The molecule has 30 heavy (non-hydrogen) atoms. The number of phenolic OH excluding ortho intramolecular Hbond substituents is 2. The molecule has 1 aliphatic rings. The van der Waals surface area contributed by atoms with Gasteiger partial charge in [-0.2, -0.15) is 0 Å². The van der Waals surface area contributed by atoms with Crippen LogP contribution in [0.3, 0.4) is 0 Å². The van der Waals surface area contributed by atoms with Crippen LogP contribution in [-0.2, 0) is 9.84 Å². The van der Waals surface area contributed by atoms with Crippen LogP contribution >= 0.6 is 0 Å². The number of sulfone groups is 1. The van der Waals surface area contributed by atoms with Crippen molar-refractivity contribution in [2.45, 2.75) is 24.8 Å². The maximum absolute atomic E-state index is 13.0. The summed E-state index contributed by atoms with van der Waals surface area (Å²) in [6, 6.07) is 15.5. The van der Waals surface area contributed by atoms with E-state index in [0.29, 0.717) is 11.1 Å². The molecule has 154 valence electrons. The SMILES string of the molecule is C=CCS(=O)(=O)c1cccc2c1-c1cc(O)ccc1C(C)N2c1ccc(O)c(C)c1. The molecule has 6 heteroatoms. The number of rotatable bonds is 4. The lowest BCUT2D eigenvalue weighted by Crippen LogP contribution is -2.27. The summed E-state index contributed by atoms with van der Waals surface area (Å²) in [6.07, 6.45) is 1.38. The van der Waals surface area contributed by atoms with Crippen LogP contribution in [0.15, 0.2) is 72.1 Å². The second-order valence-electron chi connectivity index (χ2n) is 7.51. The van der Waals surface area contributed by atoms with Crippen molar-refractivity contribution >= 4 is 21.2 Å². The fourth-order valence-electron chi connectivity index (χ4n) is 4.12. The number of anilines is 2. The van der Waals surface area contributed by atoms with Gasteiger partial charge in [-0.05, 0) is 73.0 Å². The predicted octanol–water partition coefficient (Wildman–Crippen LogP) is 5.25. The van der Waals surface area contributed by atoms with E-state index < -0.39 is 9.84 Å². The molecule has 3 aromatic carbocycles. The summed E-state index contributed by atoms with van der Waals surface area (Å²) in [5.41, 5.74) is 4.48. The van der Waals surface area contributed by atoms with E-state index in [1.807, 2.05) is 38.1 Å². The van der Waals surface area contributed by atoms with Crippen molar-refractivity contribution in [3.63, 3.8) is 0 Å². The zero-order chi connectivity index (χ0) is 21.6. The molecule has 1 aliphatic heterocycles. The van der Waals surface area contributed by atoms with Gasteiger partial charge in [0.15, 0.2) is 9.84 Å². The zero-order valence-corrected chi connectivity index (χ0v) is 17.6. The number of hydrogen-bond donors (Lipinski definition) is 2. The van der Waals surface area contributed by atoms with Crippen LogP contribution in [0.4, 0.5) is 11.4 Å². The molecule has 0 amide bonds. The Morgan fingerprint density at radius 3 is 2.57 bits per heavy atom. The highest BCUT2D eigenvalue weighted by Gasteiger charge is 2.33. The molecule has 1 atom stereocenters. The van der Waals surface area contributed by atoms with Gasteiger partial charge in [-0.15, -0.1) is 6.58 Å². The summed E-state index contributed by atoms with van der Waals surface area (Å²) < 4.78 is 26.1. The average molecular weight is 422 g/mol. The van der Waals surface area contributed by atoms with Gasteiger partial charge in [0.05, 0.1) is 22.4 Å². The van der Waals surface area contributed by atoms with Crippen LogP contribution in [0.25, 0.3) is 11.1 Å². The van der Waals surface area contributed by atoms with Crippen molar-refractivity contribution in [3.05, 3.63) is 78.4 Å². The van der Waals surface area contributed by atoms with Crippen LogP contribution in [0.2, 0.25) is 0 Å². The third-order valence-corrected chi connectivity index (χ3v) is 7.22. The number of aromatic hydroxyl groups is 2. The van der Waals surface area contributed by atoms with Crippen molar-refractivity contribution in [2.75, 3.05) is 10.7 Å². The molecule has 5 nitrogen and oxygen atoms in total. The van der Waals surface area contributed by atoms with E-state index in [4.69, 9.17) is 0 Å². The Morgan fingerprint density at radius 1 is 1.10 bits per heavy atom. The van der Waals surface area contributed by atoms with Gasteiger partial charge < -0.3 is 15.1 Å². The van der Waals surface area contributed by atoms with Crippen LogP contribution < -0.4 is 4.90 Å². The van der Waals surface area contributed by atoms with E-state index >= 15 is 0 Å². The lowest BCUT2D eigenvalue weighted by atomic mass is 9.88. The Bertz CT molecular complexity index is 1260. The molecule has 1 unspecified atom stereocenters. The van der Waals surface area contributed by atoms with Crippen LogP contribution in [0, 0.1) is 6.92 Å². The van der Waals surface area contributed by atoms with E-state index in [0.717, 1.165) is 22.5 Å². The standard InChI is InChI=1S/C24H23NO4S/c1-4-12-30(28,29)23-7-5-6-21-24(23)20-14-18(26)9-10-19(20)16(3)25(21)17-8-11-22(27)15(2)13-17/h4-11,13-14,16,26-27H,1,12H2,2-3H3. The lowest BCUT2D eigenvalue weighted by molar-refractivity contribution is 0.471. The molecule has 1 heterocycles. The molecule has 3 aromatic rings. The number of aryl methyl sites for hydroxylation is 1. The smallest absolute Gasteiger partial charge is 0.182 e. The molecule has 4 rings (SSSR count). The van der Waals surface area contributed by atoms with Crippen molar-refractivity contribution < 1.29 is 18.6 Å². The maximum Gasteiger partial charge on any atom is 0.182 e. The van der Waals surface area contributed by atoms with Gasteiger partial charge in [0.2, 0.25) is 0 Å². The first-order valence-electron chi connectivity index (χ1n) is 9.63. The summed E-state index contributed by atoms with van der Waals surface area (Å²) in [7, 11) is -3.61. The number of benzene rings is 3. The maximum atomic E-state index is 13.0. The molecule has 0 aliphatic carbocycles. The van der Waals surface area contributed by atoms with Gasteiger partial charge in [-0.3, -0.25) is 0 Å². The fourth-order valence-corrected chi connectivity index (χ4v) is 5.42. The van der Waals surface area contributed by atoms with Gasteiger partial charge in [-0.1, -0.05) is 18.2 Å². The molecule has 0 spiro atoms. The molecular weight excluding hydrogens is 398 g/mol. The van der Waals surface area contributed by atoms with Gasteiger partial charge in [0, 0.05) is 11.3 Å². The molecule has 2 N–H and O–H groups in total. The number of fused-ring (bicyclic) bond motifs is 3. The van der Waals surface area contributed by atoms with E-state index in [1.54, 1.807) is 30.3 Å². The number of nitrogens with zero attached hydrogens (tertiary/aromatic N) is 1. The summed E-state index contributed by atoms with van der Waals surface area (Å²) in [6.45, 7) is 7.44. The van der Waals surface area contributed by atoms with E-state index in [9.17, 15) is 18.6 Å². The number of phenols is 2. The minimum absolute atomic E-state index is 0.0803. The minimum Gasteiger partial charge on any atom is -0.508 e. The topological polar surface area (TPSA) is 77.8 Å². The lowest BCUT2D eigenvalue weighted by Gasteiger charge is -2.39. The van der Waals surface area contributed by atoms with Gasteiger partial charge in [-0.25, -0.2) is 8.42 Å². The first-order chi connectivity index (χ1) is 14.2. The predicted molar refractivity (Wildman–Crippen MR) is 119 cm³/mol. The van der Waals surface area contributed by atoms with E-state index in [2.05, 4.69) is 11.5 Å². The van der Waals surface area contributed by atoms with Gasteiger partial charge in [0.1, 0.15) is 11.5 Å². The monoisotopic (exact) mass is 421 g/mol. The number of hydrogen-bond acceptors (Lipinski definition) is 5. The Hall–Kier alpha value is -3.25. The Balaban J connectivity index is 2.07. The molecule has 0 bridgehead atoms. The van der Waals surface area contributed by atoms with E-state index in [1.165, 1.54) is 6.08 Å². The molecule has 0 radical (unpaired) electrons. The van der Waals surface area contributed by atoms with Crippen LogP contribution in [0.1, 0.15) is 24.1 Å². The van der Waals surface area contributed by atoms with Gasteiger partial charge in [0.25, 0.3) is 0 Å². The first-order valence-corrected chi connectivity index (χ1v) is 11.3. The third-order valence-electron chi connectivity index (χ3n) is 5.54. The molecule has 0 fully saturated rings. The van der Waals surface area contributed by atoms with Crippen molar-refractivity contribution in [1.29, 1.82) is 0 Å². The zero-order valence-electron chi connectivity index (χ0n) is 16.8. The summed E-state index contributed by atoms with van der Waals surface area (Å²) in [5, 5.41) is 20.1. The second kappa shape index (κ2) is 7.22. The highest BCUT2D eigenvalue weighted by molar-refractivity contribution is 7.91. The van der Waals surface area contributed by atoms with Crippen molar-refractivity contribution in [2.24, 2.45) is 0 Å². The minimum atomic E-state index is -3.61. The first kappa shape index (κ1) is 20.0. The molecule has 0 aromatic heterocycles. The molecular formula is C24H23NO4S. The van der Waals surface area contributed by atoms with Crippen LogP contribution in [0.5, 0.6) is 11.5 Å². The highest BCUT2D eigenvalue weighted by Crippen LogP contribution is 2.51. The van der Waals surface area contributed by atoms with E-state index in [-0.39, 0.29) is 28.2 Å². The average Bonchev–Trinajstić information content (AvgIpc) is 2.70. The fraction of sp³-hybridized carbons (Fsp3) is 0.167. The summed E-state index contributed by atoms with van der Waals surface area (Å²) in [4.78, 5) is 2.27. The van der Waals surface area contributed by atoms with Crippen molar-refractivity contribution in [1.82, 2.24) is 0 Å². The van der Waals surface area contributed by atoms with Crippen LogP contribution in [-0.4, -0.2) is 24.4 Å². The Morgan fingerprint density at radius 2 is 1.87 bits per heavy atom. The van der Waals surface area contributed by atoms with Gasteiger partial charge >= 0.3 is 0 Å². The summed E-state index contributed by atoms with van der Waals surface area (Å²) >= 11 is 0. The second-order valence-corrected chi connectivity index (χ2v) is 9.51. The Kier molecular flexibility index (Phi) is 4.82. The molecule has 0 saturated carbocycles. The largest absolute Gasteiger partial charge is 0.508 e. The highest BCUT2D eigenvalue weighted by atomic mass is 32.2. The third kappa shape index (κ3) is 3.13. The quantitative estimate of drug-likeness (QED) is 0.563. The summed E-state index contributed by atoms with van der Waals surface area (Å²) in [5.74, 6) is 0.110. The molecule has 0 saturated heterocycles. The normalized spacial score (nSPS) is 15.4.